The molecule has 0 aliphatic carbocycles. The molecule has 0 spiro atoms. The minimum absolute atomic E-state index is 0. The quantitative estimate of drug-likeness (QED) is 0.400. The van der Waals surface area contributed by atoms with E-state index in [4.69, 9.17) is 0 Å². The Balaban J connectivity index is 0. The largest absolute Gasteiger partial charge is 0.187 e. The first-order valence-corrected chi connectivity index (χ1v) is 0. The summed E-state index contributed by atoms with van der Waals surface area (Å²) in [6, 6.07) is 0. The van der Waals surface area contributed by atoms with E-state index in [1.165, 1.54) is 0 Å². The smallest absolute Gasteiger partial charge is 0.0149 e. The van der Waals surface area contributed by atoms with Crippen molar-refractivity contribution in [1.29, 1.82) is 0 Å². The van der Waals surface area contributed by atoms with Crippen LogP contribution in [0.5, 0.6) is 0 Å². The van der Waals surface area contributed by atoms with E-state index in [1.807, 2.05) is 0 Å². The van der Waals surface area contributed by atoms with Gasteiger partial charge in [-0.05, 0) is 11.0 Å². The molecule has 0 aliphatic rings. The van der Waals surface area contributed by atoms with Crippen LogP contribution in [-0.4, -0.2) is 28.3 Å². The van der Waals surface area contributed by atoms with E-state index in [2.05, 4.69) is 0 Å². The van der Waals surface area contributed by atoms with Crippen molar-refractivity contribution in [2.45, 2.75) is 0 Å². The molecule has 0 atom stereocenters. The van der Waals surface area contributed by atoms with Crippen molar-refractivity contribution in [3.05, 3.63) is 0 Å². The molecule has 0 saturated carbocycles. The van der Waals surface area contributed by atoms with Crippen LogP contribution in [0.3, 0.4) is 0 Å². The molecular formula is H7AlFeMnNiSi. The first kappa shape index (κ1) is 55.2. The molecule has 0 aromatic carbocycles. The monoisotopic (exact) mass is 231 g/mol. The number of hydrogen-bond acceptors (Lipinski definition) is 0. The van der Waals surface area contributed by atoms with Crippen LogP contribution in [0.2, 0.25) is 0 Å². The van der Waals surface area contributed by atoms with Gasteiger partial charge in [0.15, 0.2) is 17.4 Å². The summed E-state index contributed by atoms with van der Waals surface area (Å²) in [4.78, 5) is 0. The van der Waals surface area contributed by atoms with Gasteiger partial charge in [0.2, 0.25) is 0 Å². The zero-order valence-electron chi connectivity index (χ0n) is 1.05. The van der Waals surface area contributed by atoms with Gasteiger partial charge in [0.1, 0.15) is 0 Å². The van der Waals surface area contributed by atoms with Gasteiger partial charge in [-0.2, -0.15) is 0 Å². The maximum Gasteiger partial charge on any atom is 0.187 e. The molecule has 39 valence electrons. The molecule has 0 aromatic rings. The van der Waals surface area contributed by atoms with Crippen molar-refractivity contribution in [3.63, 3.8) is 0 Å². The second-order valence-electron chi connectivity index (χ2n) is 0. The van der Waals surface area contributed by atoms with Crippen molar-refractivity contribution in [2.24, 2.45) is 0 Å². The Labute approximate surface area is 78.3 Å². The summed E-state index contributed by atoms with van der Waals surface area (Å²) in [5.74, 6) is 0. The maximum atomic E-state index is 0. The van der Waals surface area contributed by atoms with E-state index in [9.17, 15) is 0 Å². The van der Waals surface area contributed by atoms with Crippen LogP contribution in [0.25, 0.3) is 0 Å². The van der Waals surface area contributed by atoms with E-state index in [1.54, 1.807) is 0 Å². The Hall–Kier alpha value is 2.28. The van der Waals surface area contributed by atoms with Crippen molar-refractivity contribution in [3.8, 4) is 0 Å². The molecule has 0 nitrogen and oxygen atoms in total. The Morgan fingerprint density at radius 3 is 1.00 bits per heavy atom. The predicted octanol–water partition coefficient (Wildman–Crippen LogP) is -2.64. The number of hydrogen-bond donors (Lipinski definition) is 0. The van der Waals surface area contributed by atoms with Gasteiger partial charge in [-0.15, -0.1) is 0 Å². The van der Waals surface area contributed by atoms with Crippen LogP contribution >= 0.6 is 0 Å². The van der Waals surface area contributed by atoms with E-state index in [0.717, 1.165) is 0 Å². The third kappa shape index (κ3) is 22.1. The summed E-state index contributed by atoms with van der Waals surface area (Å²) in [7, 11) is 0. The summed E-state index contributed by atoms with van der Waals surface area (Å²) < 4.78 is 0. The topological polar surface area (TPSA) is 0 Å². The van der Waals surface area contributed by atoms with E-state index in [0.29, 0.717) is 0 Å². The molecule has 0 saturated heterocycles. The van der Waals surface area contributed by atoms with Gasteiger partial charge in [-0.25, -0.2) is 0 Å². The van der Waals surface area contributed by atoms with Crippen LogP contribution in [-0.2, 0) is 50.6 Å². The Bertz CT molecular complexity index is 11.6. The molecule has 0 fully saturated rings. The maximum absolute atomic E-state index is 0. The first-order chi connectivity index (χ1) is 0. The van der Waals surface area contributed by atoms with Gasteiger partial charge in [-0.1, -0.05) is 0 Å². The van der Waals surface area contributed by atoms with Crippen LogP contribution in [0.15, 0.2) is 0 Å². The molecule has 5 heavy (non-hydrogen) atoms. The molecular weight excluding hydrogens is 225 g/mol. The van der Waals surface area contributed by atoms with E-state index in [-0.39, 0.29) is 79.0 Å². The van der Waals surface area contributed by atoms with Gasteiger partial charge in [0.05, 0.1) is 0 Å². The second-order valence-corrected chi connectivity index (χ2v) is 0. The molecule has 0 unspecified atom stereocenters. The predicted molar refractivity (Wildman–Crippen MR) is 21.3 cm³/mol. The molecule has 0 aliphatic heterocycles. The normalized spacial score (nSPS) is 0. The van der Waals surface area contributed by atoms with Crippen LogP contribution < -0.4 is 0 Å². The zero-order valence-corrected chi connectivity index (χ0v) is 4.32. The van der Waals surface area contributed by atoms with Crippen LogP contribution in [0.4, 0.5) is 0 Å². The SMILES string of the molecule is [AlH3].[Fe].[Mn].[Ni].[SiH4]. The van der Waals surface area contributed by atoms with E-state index < -0.39 is 0 Å². The minimum Gasteiger partial charge on any atom is -0.0149 e. The summed E-state index contributed by atoms with van der Waals surface area (Å²) in [5, 5.41) is 0. The zero-order chi connectivity index (χ0) is 0. The van der Waals surface area contributed by atoms with Crippen molar-refractivity contribution in [1.82, 2.24) is 0 Å². The van der Waals surface area contributed by atoms with Crippen LogP contribution in [0.1, 0.15) is 0 Å². The Morgan fingerprint density at radius 1 is 1.00 bits per heavy atom. The van der Waals surface area contributed by atoms with Gasteiger partial charge in [-0.3, -0.25) is 0 Å². The van der Waals surface area contributed by atoms with Crippen molar-refractivity contribution < 1.29 is 50.6 Å². The average Bonchev–Trinajstić information content (AvgIpc) is 0. The molecule has 0 bridgehead atoms. The van der Waals surface area contributed by atoms with Gasteiger partial charge < -0.3 is 0 Å². The fraction of sp³-hybridized carbons (Fsp3) is 0. The summed E-state index contributed by atoms with van der Waals surface area (Å²) in [6.45, 7) is 0. The fourth-order valence-corrected chi connectivity index (χ4v) is 0. The number of rotatable bonds is 0. The first-order valence-electron chi connectivity index (χ1n) is 0. The summed E-state index contributed by atoms with van der Waals surface area (Å²) in [5.41, 5.74) is 0. The fourth-order valence-electron chi connectivity index (χ4n) is 0. The summed E-state index contributed by atoms with van der Waals surface area (Å²) >= 11 is 0. The standard InChI is InChI=1S/Al.Fe.Mn.Ni.H4Si.3H/h;;;;1H4;;;. The molecule has 0 heterocycles. The molecule has 0 N–H and O–H groups in total. The summed E-state index contributed by atoms with van der Waals surface area (Å²) in [6.07, 6.45) is 0. The average molecular weight is 232 g/mol. The second kappa shape index (κ2) is 33.7. The minimum atomic E-state index is 0. The third-order valence-corrected chi connectivity index (χ3v) is 0. The van der Waals surface area contributed by atoms with Crippen molar-refractivity contribution >= 4 is 28.3 Å². The molecule has 0 amide bonds. The Kier molecular flexibility index (Phi) is 372. The molecule has 0 aromatic heterocycles. The van der Waals surface area contributed by atoms with Gasteiger partial charge in [0, 0.05) is 50.6 Å². The molecule has 5 heteroatoms. The Morgan fingerprint density at radius 2 is 1.00 bits per heavy atom. The van der Waals surface area contributed by atoms with E-state index >= 15 is 0 Å². The van der Waals surface area contributed by atoms with Gasteiger partial charge >= 0.3 is 0 Å². The third-order valence-electron chi connectivity index (χ3n) is 0. The molecule has 0 rings (SSSR count). The van der Waals surface area contributed by atoms with Crippen molar-refractivity contribution in [2.75, 3.05) is 0 Å². The molecule has 1 radical (unpaired) electrons. The van der Waals surface area contributed by atoms with Gasteiger partial charge in [0.25, 0.3) is 0 Å². The van der Waals surface area contributed by atoms with Crippen LogP contribution in [0, 0.1) is 0 Å².